The number of nitrogens with zero attached hydrogens (tertiary/aromatic N) is 1. The molecule has 1 amide bonds. The number of sulfonamides is 1. The topological polar surface area (TPSA) is 92.8 Å². The largest absolute Gasteiger partial charge is 0.464 e. The lowest BCUT2D eigenvalue weighted by molar-refractivity contribution is -0.155. The minimum Gasteiger partial charge on any atom is -0.464 e. The quantitative estimate of drug-likeness (QED) is 0.594. The van der Waals surface area contributed by atoms with Gasteiger partial charge in [-0.25, -0.2) is 13.2 Å². The Morgan fingerprint density at radius 1 is 0.969 bits per heavy atom. The fourth-order valence-corrected chi connectivity index (χ4v) is 6.17. The highest BCUT2D eigenvalue weighted by Crippen LogP contribution is 2.30. The lowest BCUT2D eigenvalue weighted by atomic mass is 9.81. The molecule has 1 aromatic carbocycles. The number of esters is 1. The standard InChI is InChI=1S/C24H36N2O5S/c1-2-31-23(28)24(16-6-5-7-17-24)25-22(27)15-12-20-10-13-21(14-11-20)32(29,30)26-18-8-3-4-9-19-26/h10-11,13-14H,2-9,12,15-19H2,1H3,(H,25,27). The predicted octanol–water partition coefficient (Wildman–Crippen LogP) is 3.57. The summed E-state index contributed by atoms with van der Waals surface area (Å²) in [6.07, 6.45) is 8.74. The molecule has 0 unspecified atom stereocenters. The lowest BCUT2D eigenvalue weighted by Crippen LogP contribution is -2.56. The fourth-order valence-electron chi connectivity index (χ4n) is 4.65. The third kappa shape index (κ3) is 6.10. The van der Waals surface area contributed by atoms with Crippen LogP contribution in [0.25, 0.3) is 0 Å². The molecule has 1 aliphatic carbocycles. The maximum absolute atomic E-state index is 12.9. The minimum absolute atomic E-state index is 0.179. The Bertz CT molecular complexity index is 868. The Morgan fingerprint density at radius 2 is 1.56 bits per heavy atom. The predicted molar refractivity (Wildman–Crippen MR) is 123 cm³/mol. The van der Waals surface area contributed by atoms with Crippen molar-refractivity contribution in [2.24, 2.45) is 0 Å². The van der Waals surface area contributed by atoms with Gasteiger partial charge in [-0.15, -0.1) is 0 Å². The van der Waals surface area contributed by atoms with E-state index in [-0.39, 0.29) is 18.3 Å². The van der Waals surface area contributed by atoms with Crippen LogP contribution in [-0.4, -0.2) is 49.8 Å². The maximum Gasteiger partial charge on any atom is 0.331 e. The van der Waals surface area contributed by atoms with E-state index in [0.717, 1.165) is 50.5 Å². The summed E-state index contributed by atoms with van der Waals surface area (Å²) in [6.45, 7) is 3.22. The molecule has 8 heteroatoms. The Hall–Kier alpha value is -1.93. The normalized spacial score (nSPS) is 19.7. The Labute approximate surface area is 191 Å². The van der Waals surface area contributed by atoms with Gasteiger partial charge in [-0.2, -0.15) is 4.31 Å². The molecule has 2 fully saturated rings. The zero-order chi connectivity index (χ0) is 23.0. The first kappa shape index (κ1) is 24.7. The number of aryl methyl sites for hydroxylation is 1. The average Bonchev–Trinajstić information content (AvgIpc) is 3.09. The van der Waals surface area contributed by atoms with Crippen molar-refractivity contribution in [3.8, 4) is 0 Å². The highest BCUT2D eigenvalue weighted by molar-refractivity contribution is 7.89. The summed E-state index contributed by atoms with van der Waals surface area (Å²) in [6, 6.07) is 6.82. The molecular formula is C24H36N2O5S. The number of benzene rings is 1. The fraction of sp³-hybridized carbons (Fsp3) is 0.667. The van der Waals surface area contributed by atoms with Crippen molar-refractivity contribution in [3.05, 3.63) is 29.8 Å². The molecule has 0 spiro atoms. The van der Waals surface area contributed by atoms with Gasteiger partial charge in [-0.05, 0) is 56.7 Å². The van der Waals surface area contributed by atoms with Gasteiger partial charge < -0.3 is 10.1 Å². The molecule has 178 valence electrons. The van der Waals surface area contributed by atoms with E-state index in [1.165, 1.54) is 0 Å². The molecule has 1 saturated heterocycles. The highest BCUT2D eigenvalue weighted by Gasteiger charge is 2.42. The smallest absolute Gasteiger partial charge is 0.331 e. The molecule has 1 aliphatic heterocycles. The van der Waals surface area contributed by atoms with E-state index in [1.54, 1.807) is 35.5 Å². The van der Waals surface area contributed by atoms with Gasteiger partial charge in [0.15, 0.2) is 0 Å². The van der Waals surface area contributed by atoms with Gasteiger partial charge >= 0.3 is 5.97 Å². The van der Waals surface area contributed by atoms with E-state index in [1.807, 2.05) is 0 Å². The minimum atomic E-state index is -3.47. The number of ether oxygens (including phenoxy) is 1. The third-order valence-corrected chi connectivity index (χ3v) is 8.43. The van der Waals surface area contributed by atoms with Gasteiger partial charge in [0.25, 0.3) is 0 Å². The molecule has 1 saturated carbocycles. The molecule has 0 aromatic heterocycles. The number of amides is 1. The summed E-state index contributed by atoms with van der Waals surface area (Å²) in [5.41, 5.74) is -0.0139. The van der Waals surface area contributed by atoms with Crippen molar-refractivity contribution < 1.29 is 22.7 Å². The van der Waals surface area contributed by atoms with Gasteiger partial charge in [0, 0.05) is 19.5 Å². The number of carbonyl (C=O) groups is 2. The van der Waals surface area contributed by atoms with Crippen molar-refractivity contribution in [1.29, 1.82) is 0 Å². The number of nitrogens with one attached hydrogen (secondary N) is 1. The van der Waals surface area contributed by atoms with Gasteiger partial charge in [0.2, 0.25) is 15.9 Å². The molecule has 1 aromatic rings. The number of hydrogen-bond acceptors (Lipinski definition) is 5. The SMILES string of the molecule is CCOC(=O)C1(NC(=O)CCc2ccc(S(=O)(=O)N3CCCCCC3)cc2)CCCCC1. The lowest BCUT2D eigenvalue weighted by Gasteiger charge is -2.35. The Balaban J connectivity index is 1.58. The first-order valence-corrected chi connectivity index (χ1v) is 13.4. The van der Waals surface area contributed by atoms with Gasteiger partial charge in [-0.3, -0.25) is 4.79 Å². The molecule has 2 aliphatic rings. The molecular weight excluding hydrogens is 428 g/mol. The van der Waals surface area contributed by atoms with E-state index in [2.05, 4.69) is 5.32 Å². The zero-order valence-corrected chi connectivity index (χ0v) is 19.9. The van der Waals surface area contributed by atoms with Crippen molar-refractivity contribution in [1.82, 2.24) is 9.62 Å². The van der Waals surface area contributed by atoms with Crippen LogP contribution in [0.2, 0.25) is 0 Å². The van der Waals surface area contributed by atoms with E-state index >= 15 is 0 Å². The van der Waals surface area contributed by atoms with Crippen molar-refractivity contribution in [2.75, 3.05) is 19.7 Å². The van der Waals surface area contributed by atoms with Crippen LogP contribution in [0.4, 0.5) is 0 Å². The van der Waals surface area contributed by atoms with Crippen LogP contribution in [0.15, 0.2) is 29.2 Å². The molecule has 32 heavy (non-hydrogen) atoms. The maximum atomic E-state index is 12.9. The molecule has 7 nitrogen and oxygen atoms in total. The van der Waals surface area contributed by atoms with Crippen molar-refractivity contribution in [2.45, 2.75) is 88.0 Å². The average molecular weight is 465 g/mol. The van der Waals surface area contributed by atoms with Gasteiger partial charge in [0.05, 0.1) is 11.5 Å². The van der Waals surface area contributed by atoms with E-state index in [0.29, 0.717) is 43.9 Å². The summed E-state index contributed by atoms with van der Waals surface area (Å²) in [5, 5.41) is 2.96. The third-order valence-electron chi connectivity index (χ3n) is 6.52. The second-order valence-corrected chi connectivity index (χ2v) is 10.8. The summed E-state index contributed by atoms with van der Waals surface area (Å²) in [4.78, 5) is 25.5. The van der Waals surface area contributed by atoms with Crippen LogP contribution < -0.4 is 5.32 Å². The second kappa shape index (κ2) is 11.3. The molecule has 3 rings (SSSR count). The van der Waals surface area contributed by atoms with Gasteiger partial charge in [-0.1, -0.05) is 44.2 Å². The summed E-state index contributed by atoms with van der Waals surface area (Å²) >= 11 is 0. The number of rotatable bonds is 8. The van der Waals surface area contributed by atoms with Gasteiger partial charge in [0.1, 0.15) is 5.54 Å². The Kier molecular flexibility index (Phi) is 8.71. The zero-order valence-electron chi connectivity index (χ0n) is 19.1. The summed E-state index contributed by atoms with van der Waals surface area (Å²) < 4.78 is 32.6. The van der Waals surface area contributed by atoms with E-state index < -0.39 is 15.6 Å². The van der Waals surface area contributed by atoms with Crippen molar-refractivity contribution in [3.63, 3.8) is 0 Å². The summed E-state index contributed by atoms with van der Waals surface area (Å²) in [5.74, 6) is -0.516. The monoisotopic (exact) mass is 464 g/mol. The second-order valence-electron chi connectivity index (χ2n) is 8.87. The molecule has 0 bridgehead atoms. The summed E-state index contributed by atoms with van der Waals surface area (Å²) in [7, 11) is -3.47. The first-order chi connectivity index (χ1) is 15.4. The van der Waals surface area contributed by atoms with E-state index in [9.17, 15) is 18.0 Å². The van der Waals surface area contributed by atoms with Crippen LogP contribution in [0.5, 0.6) is 0 Å². The van der Waals surface area contributed by atoms with Crippen LogP contribution in [0, 0.1) is 0 Å². The molecule has 1 heterocycles. The van der Waals surface area contributed by atoms with Crippen molar-refractivity contribution >= 4 is 21.9 Å². The number of hydrogen-bond donors (Lipinski definition) is 1. The first-order valence-electron chi connectivity index (χ1n) is 11.9. The molecule has 0 radical (unpaired) electrons. The molecule has 0 atom stereocenters. The van der Waals surface area contributed by atoms with Crippen LogP contribution >= 0.6 is 0 Å². The van der Waals surface area contributed by atoms with Crippen LogP contribution in [0.1, 0.15) is 76.7 Å². The highest BCUT2D eigenvalue weighted by atomic mass is 32.2. The van der Waals surface area contributed by atoms with Crippen LogP contribution in [-0.2, 0) is 30.8 Å². The Morgan fingerprint density at radius 3 is 2.16 bits per heavy atom. The molecule has 1 N–H and O–H groups in total. The number of carbonyl (C=O) groups excluding carboxylic acids is 2. The van der Waals surface area contributed by atoms with E-state index in [4.69, 9.17) is 4.74 Å². The van der Waals surface area contributed by atoms with Crippen LogP contribution in [0.3, 0.4) is 0 Å².